The van der Waals surface area contributed by atoms with Crippen molar-refractivity contribution in [3.8, 4) is 0 Å². The summed E-state index contributed by atoms with van der Waals surface area (Å²) in [6, 6.07) is 18.8. The van der Waals surface area contributed by atoms with Crippen molar-refractivity contribution in [1.29, 1.82) is 0 Å². The number of anilines is 2. The van der Waals surface area contributed by atoms with Crippen LogP contribution in [-0.2, 0) is 6.42 Å². The fourth-order valence-corrected chi connectivity index (χ4v) is 3.47. The second-order valence-electron chi connectivity index (χ2n) is 7.28. The van der Waals surface area contributed by atoms with E-state index in [2.05, 4.69) is 63.8 Å². The average molecular weight is 355 g/mol. The molecule has 0 amide bonds. The molecule has 0 saturated heterocycles. The van der Waals surface area contributed by atoms with Gasteiger partial charge in [0.2, 0.25) is 5.95 Å². The van der Waals surface area contributed by atoms with Crippen molar-refractivity contribution in [2.75, 3.05) is 5.32 Å². The molecular weight excluding hydrogens is 334 g/mol. The Labute approximate surface area is 157 Å². The lowest BCUT2D eigenvalue weighted by molar-refractivity contribution is 0.965. The van der Waals surface area contributed by atoms with Crippen LogP contribution in [0.25, 0.3) is 10.9 Å². The summed E-state index contributed by atoms with van der Waals surface area (Å²) in [7, 11) is 0. The second kappa shape index (κ2) is 6.50. The molecule has 0 unspecified atom stereocenters. The van der Waals surface area contributed by atoms with E-state index in [0.717, 1.165) is 28.8 Å². The molecule has 4 aromatic rings. The third kappa shape index (κ3) is 3.40. The molecule has 0 bridgehead atoms. The molecular formula is C22H21N5. The minimum absolute atomic E-state index is 0.588. The molecule has 5 nitrogen and oxygen atoms in total. The van der Waals surface area contributed by atoms with Gasteiger partial charge in [0.05, 0.1) is 11.2 Å². The van der Waals surface area contributed by atoms with E-state index < -0.39 is 0 Å². The van der Waals surface area contributed by atoms with E-state index in [-0.39, 0.29) is 0 Å². The van der Waals surface area contributed by atoms with Crippen LogP contribution < -0.4 is 5.32 Å². The van der Waals surface area contributed by atoms with Gasteiger partial charge < -0.3 is 5.32 Å². The Morgan fingerprint density at radius 3 is 2.78 bits per heavy atom. The largest absolute Gasteiger partial charge is 0.307 e. The number of hydrogen-bond donors (Lipinski definition) is 2. The topological polar surface area (TPSA) is 66.5 Å². The molecule has 0 spiro atoms. The summed E-state index contributed by atoms with van der Waals surface area (Å²) in [4.78, 5) is 9.50. The van der Waals surface area contributed by atoms with Crippen LogP contribution in [0.1, 0.15) is 41.3 Å². The highest BCUT2D eigenvalue weighted by molar-refractivity contribution is 5.82. The summed E-state index contributed by atoms with van der Waals surface area (Å²) in [6.07, 6.45) is 3.26. The van der Waals surface area contributed by atoms with Gasteiger partial charge in [-0.25, -0.2) is 9.97 Å². The number of fused-ring (bicyclic) bond motifs is 1. The quantitative estimate of drug-likeness (QED) is 0.536. The second-order valence-corrected chi connectivity index (χ2v) is 7.28. The molecule has 5 heteroatoms. The van der Waals surface area contributed by atoms with Crippen molar-refractivity contribution >= 4 is 22.7 Å². The van der Waals surface area contributed by atoms with E-state index in [0.29, 0.717) is 11.9 Å². The highest BCUT2D eigenvalue weighted by atomic mass is 15.2. The molecule has 2 heterocycles. The summed E-state index contributed by atoms with van der Waals surface area (Å²) >= 11 is 0. The molecule has 0 atom stereocenters. The number of para-hydroxylation sites is 1. The van der Waals surface area contributed by atoms with Crippen LogP contribution >= 0.6 is 0 Å². The Balaban J connectivity index is 1.50. The SMILES string of the molecule is Cc1cccc(Cc2nc(Nc3cc(C4CC4)[nH]n3)nc3ccccc23)c1. The van der Waals surface area contributed by atoms with Gasteiger partial charge in [-0.3, -0.25) is 5.10 Å². The Kier molecular flexibility index (Phi) is 3.85. The third-order valence-corrected chi connectivity index (χ3v) is 4.99. The van der Waals surface area contributed by atoms with Crippen LogP contribution in [0.15, 0.2) is 54.6 Å². The Morgan fingerprint density at radius 2 is 1.93 bits per heavy atom. The van der Waals surface area contributed by atoms with Crippen molar-refractivity contribution in [3.63, 3.8) is 0 Å². The van der Waals surface area contributed by atoms with Gasteiger partial charge in [0.15, 0.2) is 5.82 Å². The number of benzene rings is 2. The number of aromatic nitrogens is 4. The summed E-state index contributed by atoms with van der Waals surface area (Å²) in [5, 5.41) is 11.8. The summed E-state index contributed by atoms with van der Waals surface area (Å²) in [6.45, 7) is 2.11. The third-order valence-electron chi connectivity index (χ3n) is 4.99. The molecule has 134 valence electrons. The number of aryl methyl sites for hydroxylation is 1. The normalized spacial score (nSPS) is 13.8. The van der Waals surface area contributed by atoms with Crippen LogP contribution in [0, 0.1) is 6.92 Å². The standard InChI is InChI=1S/C22H21N5/c1-14-5-4-6-15(11-14)12-20-17-7-2-3-8-18(17)23-22(24-20)25-21-13-19(26-27-21)16-9-10-16/h2-8,11,13,16H,9-10,12H2,1H3,(H2,23,24,25,26,27). The number of hydrogen-bond acceptors (Lipinski definition) is 4. The zero-order valence-corrected chi connectivity index (χ0v) is 15.2. The van der Waals surface area contributed by atoms with Gasteiger partial charge >= 0.3 is 0 Å². The molecule has 27 heavy (non-hydrogen) atoms. The number of nitrogens with one attached hydrogen (secondary N) is 2. The van der Waals surface area contributed by atoms with Crippen LogP contribution in [0.4, 0.5) is 11.8 Å². The van der Waals surface area contributed by atoms with Crippen LogP contribution in [0.5, 0.6) is 0 Å². The maximum Gasteiger partial charge on any atom is 0.229 e. The molecule has 1 aliphatic carbocycles. The van der Waals surface area contributed by atoms with Gasteiger partial charge in [0, 0.05) is 29.5 Å². The summed E-state index contributed by atoms with van der Waals surface area (Å²) in [5.74, 6) is 2.00. The maximum atomic E-state index is 4.81. The number of rotatable bonds is 5. The molecule has 0 aliphatic heterocycles. The van der Waals surface area contributed by atoms with E-state index in [1.54, 1.807) is 0 Å². The summed E-state index contributed by atoms with van der Waals surface area (Å²) in [5.41, 5.74) is 5.66. The number of nitrogens with zero attached hydrogens (tertiary/aromatic N) is 3. The monoisotopic (exact) mass is 355 g/mol. The number of aromatic amines is 1. The van der Waals surface area contributed by atoms with Crippen LogP contribution in [-0.4, -0.2) is 20.2 Å². The lowest BCUT2D eigenvalue weighted by Crippen LogP contribution is -2.03. The predicted octanol–water partition coefficient (Wildman–Crippen LogP) is 4.87. The van der Waals surface area contributed by atoms with Gasteiger partial charge in [-0.15, -0.1) is 0 Å². The maximum absolute atomic E-state index is 4.81. The zero-order valence-electron chi connectivity index (χ0n) is 15.2. The summed E-state index contributed by atoms with van der Waals surface area (Å²) < 4.78 is 0. The molecule has 0 radical (unpaired) electrons. The van der Waals surface area contributed by atoms with Gasteiger partial charge in [0.1, 0.15) is 0 Å². The van der Waals surface area contributed by atoms with Crippen molar-refractivity contribution in [2.24, 2.45) is 0 Å². The first-order valence-electron chi connectivity index (χ1n) is 9.38. The molecule has 2 aromatic heterocycles. The van der Waals surface area contributed by atoms with E-state index in [4.69, 9.17) is 4.98 Å². The van der Waals surface area contributed by atoms with E-state index in [9.17, 15) is 0 Å². The smallest absolute Gasteiger partial charge is 0.229 e. The van der Waals surface area contributed by atoms with Crippen LogP contribution in [0.3, 0.4) is 0 Å². The van der Waals surface area contributed by atoms with Gasteiger partial charge in [-0.05, 0) is 31.4 Å². The minimum atomic E-state index is 0.588. The van der Waals surface area contributed by atoms with E-state index in [1.165, 1.54) is 29.7 Å². The first kappa shape index (κ1) is 16.0. The molecule has 2 N–H and O–H groups in total. The molecule has 2 aromatic carbocycles. The van der Waals surface area contributed by atoms with Crippen LogP contribution in [0.2, 0.25) is 0 Å². The Morgan fingerprint density at radius 1 is 1.04 bits per heavy atom. The minimum Gasteiger partial charge on any atom is -0.307 e. The van der Waals surface area contributed by atoms with Crippen molar-refractivity contribution in [3.05, 3.63) is 77.1 Å². The molecule has 5 rings (SSSR count). The van der Waals surface area contributed by atoms with Crippen molar-refractivity contribution < 1.29 is 0 Å². The van der Waals surface area contributed by atoms with Gasteiger partial charge in [-0.1, -0.05) is 48.0 Å². The lowest BCUT2D eigenvalue weighted by atomic mass is 10.0. The fraction of sp³-hybridized carbons (Fsp3) is 0.227. The first-order valence-corrected chi connectivity index (χ1v) is 9.38. The molecule has 1 aliphatic rings. The average Bonchev–Trinajstić information content (AvgIpc) is 3.41. The Bertz CT molecular complexity index is 1110. The predicted molar refractivity (Wildman–Crippen MR) is 107 cm³/mol. The molecule has 1 saturated carbocycles. The van der Waals surface area contributed by atoms with Gasteiger partial charge in [0.25, 0.3) is 0 Å². The zero-order chi connectivity index (χ0) is 18.2. The fourth-order valence-electron chi connectivity index (χ4n) is 3.47. The number of H-pyrrole nitrogens is 1. The Hall–Kier alpha value is -3.21. The van der Waals surface area contributed by atoms with Crippen molar-refractivity contribution in [2.45, 2.75) is 32.1 Å². The highest BCUT2D eigenvalue weighted by Crippen LogP contribution is 2.39. The highest BCUT2D eigenvalue weighted by Gasteiger charge is 2.25. The van der Waals surface area contributed by atoms with E-state index in [1.807, 2.05) is 18.2 Å². The van der Waals surface area contributed by atoms with Crippen molar-refractivity contribution in [1.82, 2.24) is 20.2 Å². The van der Waals surface area contributed by atoms with Gasteiger partial charge in [-0.2, -0.15) is 5.10 Å². The first-order chi connectivity index (χ1) is 13.2. The molecule has 1 fully saturated rings. The lowest BCUT2D eigenvalue weighted by Gasteiger charge is -2.09. The van der Waals surface area contributed by atoms with E-state index >= 15 is 0 Å².